The quantitative estimate of drug-likeness (QED) is 0.0975. The zero-order valence-corrected chi connectivity index (χ0v) is 20.3. The second kappa shape index (κ2) is 11.9. The van der Waals surface area contributed by atoms with Gasteiger partial charge < -0.3 is 0 Å². The fourth-order valence-corrected chi connectivity index (χ4v) is 4.94. The molecule has 0 aliphatic carbocycles. The molecule has 0 atom stereocenters. The van der Waals surface area contributed by atoms with Crippen LogP contribution in [0.1, 0.15) is 11.1 Å². The summed E-state index contributed by atoms with van der Waals surface area (Å²) in [6, 6.07) is 28.1. The van der Waals surface area contributed by atoms with Crippen LogP contribution in [0.25, 0.3) is 0 Å². The van der Waals surface area contributed by atoms with Crippen molar-refractivity contribution in [3.05, 3.63) is 128 Å². The van der Waals surface area contributed by atoms with E-state index < -0.39 is 9.85 Å². The Kier molecular flexibility index (Phi) is 8.22. The summed E-state index contributed by atoms with van der Waals surface area (Å²) >= 11 is 0. The van der Waals surface area contributed by atoms with Gasteiger partial charge in [-0.1, -0.05) is 45.9 Å². The molecule has 36 heavy (non-hydrogen) atoms. The van der Waals surface area contributed by atoms with Crippen molar-refractivity contribution in [2.24, 2.45) is 9.98 Å². The van der Waals surface area contributed by atoms with E-state index in [4.69, 9.17) is 0 Å². The van der Waals surface area contributed by atoms with E-state index in [2.05, 4.69) is 9.98 Å². The molecule has 0 saturated heterocycles. The molecule has 0 aliphatic rings. The first-order valence-electron chi connectivity index (χ1n) is 10.6. The van der Waals surface area contributed by atoms with Crippen molar-refractivity contribution in [2.75, 3.05) is 0 Å². The number of hydrogen-bond donors (Lipinski definition) is 0. The van der Waals surface area contributed by atoms with E-state index >= 15 is 0 Å². The number of nitro benzene ring substituents is 2. The Morgan fingerprint density at radius 2 is 0.972 bits per heavy atom. The maximum atomic E-state index is 10.9. The van der Waals surface area contributed by atoms with E-state index in [9.17, 15) is 20.2 Å². The topological polar surface area (TPSA) is 111 Å². The fourth-order valence-electron chi connectivity index (χ4n) is 3.01. The van der Waals surface area contributed by atoms with E-state index in [0.717, 1.165) is 21.2 Å². The van der Waals surface area contributed by atoms with Crippen LogP contribution in [-0.4, -0.2) is 22.3 Å². The largest absolute Gasteiger partial charge is 0.270 e. The van der Waals surface area contributed by atoms with E-state index in [1.807, 2.05) is 48.5 Å². The molecule has 0 amide bonds. The highest BCUT2D eigenvalue weighted by atomic mass is 33.1. The van der Waals surface area contributed by atoms with Crippen LogP contribution in [0, 0.1) is 20.2 Å². The van der Waals surface area contributed by atoms with Crippen molar-refractivity contribution < 1.29 is 9.85 Å². The van der Waals surface area contributed by atoms with Crippen LogP contribution in [0.2, 0.25) is 0 Å². The fraction of sp³-hybridized carbons (Fsp3) is 0. The minimum Gasteiger partial charge on any atom is -0.258 e. The minimum atomic E-state index is -0.428. The summed E-state index contributed by atoms with van der Waals surface area (Å²) < 4.78 is 0. The predicted molar refractivity (Wildman–Crippen MR) is 145 cm³/mol. The van der Waals surface area contributed by atoms with Crippen molar-refractivity contribution in [3.63, 3.8) is 0 Å². The van der Waals surface area contributed by atoms with Gasteiger partial charge in [-0.05, 0) is 59.7 Å². The molecule has 0 spiro atoms. The molecule has 10 heteroatoms. The molecule has 0 aromatic heterocycles. The third-order valence-corrected chi connectivity index (χ3v) is 7.21. The Morgan fingerprint density at radius 1 is 0.583 bits per heavy atom. The summed E-state index contributed by atoms with van der Waals surface area (Å²) in [4.78, 5) is 31.8. The van der Waals surface area contributed by atoms with Crippen LogP contribution < -0.4 is 0 Å². The highest BCUT2D eigenvalue weighted by molar-refractivity contribution is 8.76. The van der Waals surface area contributed by atoms with Gasteiger partial charge in [0.05, 0.1) is 21.2 Å². The summed E-state index contributed by atoms with van der Waals surface area (Å²) in [6.07, 6.45) is 3.21. The molecule has 8 nitrogen and oxygen atoms in total. The molecule has 0 radical (unpaired) electrons. The molecule has 0 saturated carbocycles. The number of aliphatic imine (C=N–C) groups is 2. The first-order valence-corrected chi connectivity index (χ1v) is 12.7. The van der Waals surface area contributed by atoms with Gasteiger partial charge in [-0.25, -0.2) is 0 Å². The normalized spacial score (nSPS) is 11.2. The average molecular weight is 515 g/mol. The predicted octanol–water partition coefficient (Wildman–Crippen LogP) is 7.80. The Morgan fingerprint density at radius 3 is 1.33 bits per heavy atom. The van der Waals surface area contributed by atoms with Gasteiger partial charge in [0.1, 0.15) is 0 Å². The number of nitrogens with zero attached hydrogens (tertiary/aromatic N) is 4. The van der Waals surface area contributed by atoms with Crippen molar-refractivity contribution in [1.29, 1.82) is 0 Å². The zero-order chi connectivity index (χ0) is 25.3. The summed E-state index contributed by atoms with van der Waals surface area (Å²) in [5.41, 5.74) is 2.89. The van der Waals surface area contributed by atoms with Gasteiger partial charge in [0, 0.05) is 46.5 Å². The first kappa shape index (κ1) is 24.8. The van der Waals surface area contributed by atoms with Gasteiger partial charge in [0.15, 0.2) is 0 Å². The molecule has 4 aromatic rings. The van der Waals surface area contributed by atoms with Gasteiger partial charge >= 0.3 is 0 Å². The minimum absolute atomic E-state index is 0.0324. The molecular weight excluding hydrogens is 496 g/mol. The van der Waals surface area contributed by atoms with Crippen molar-refractivity contribution in [3.8, 4) is 0 Å². The summed E-state index contributed by atoms with van der Waals surface area (Å²) in [5.74, 6) is 0. The molecule has 4 aromatic carbocycles. The maximum Gasteiger partial charge on any atom is 0.270 e. The molecule has 4 rings (SSSR count). The zero-order valence-electron chi connectivity index (χ0n) is 18.6. The molecule has 0 unspecified atom stereocenters. The lowest BCUT2D eigenvalue weighted by molar-refractivity contribution is -0.385. The monoisotopic (exact) mass is 514 g/mol. The van der Waals surface area contributed by atoms with Crippen molar-refractivity contribution >= 4 is 56.8 Å². The van der Waals surface area contributed by atoms with Crippen molar-refractivity contribution in [1.82, 2.24) is 0 Å². The van der Waals surface area contributed by atoms with Crippen LogP contribution >= 0.6 is 21.6 Å². The molecule has 0 heterocycles. The molecule has 0 N–H and O–H groups in total. The molecule has 0 aliphatic heterocycles. The Labute approximate surface area is 214 Å². The van der Waals surface area contributed by atoms with Crippen LogP contribution in [-0.2, 0) is 0 Å². The maximum absolute atomic E-state index is 10.9. The molecule has 0 bridgehead atoms. The Hall–Kier alpha value is -4.28. The van der Waals surface area contributed by atoms with Gasteiger partial charge in [0.2, 0.25) is 0 Å². The van der Waals surface area contributed by atoms with Crippen LogP contribution in [0.4, 0.5) is 22.7 Å². The average Bonchev–Trinajstić information content (AvgIpc) is 2.91. The number of hydrogen-bond acceptors (Lipinski definition) is 8. The lowest BCUT2D eigenvalue weighted by atomic mass is 10.2. The lowest BCUT2D eigenvalue weighted by Gasteiger charge is -2.03. The van der Waals surface area contributed by atoms with Crippen LogP contribution in [0.15, 0.2) is 117 Å². The summed E-state index contributed by atoms with van der Waals surface area (Å²) in [6.45, 7) is 0. The summed E-state index contributed by atoms with van der Waals surface area (Å²) in [5, 5.41) is 21.8. The SMILES string of the molecule is O=[N+]([O-])c1cccc(C=Nc2ccc(SSc3ccc(N=Cc4cccc([N+](=O)[O-])c4)cc3)cc2)c1. The van der Waals surface area contributed by atoms with Gasteiger partial charge in [0.25, 0.3) is 11.4 Å². The molecule has 0 fully saturated rings. The van der Waals surface area contributed by atoms with E-state index in [1.165, 1.54) is 24.3 Å². The van der Waals surface area contributed by atoms with Gasteiger partial charge in [-0.15, -0.1) is 0 Å². The summed E-state index contributed by atoms with van der Waals surface area (Å²) in [7, 11) is 3.22. The lowest BCUT2D eigenvalue weighted by Crippen LogP contribution is -1.89. The highest BCUT2D eigenvalue weighted by Crippen LogP contribution is 2.38. The number of nitro groups is 2. The van der Waals surface area contributed by atoms with Gasteiger partial charge in [-0.2, -0.15) is 0 Å². The third kappa shape index (κ3) is 7.11. The van der Waals surface area contributed by atoms with E-state index in [1.54, 1.807) is 58.3 Å². The Bertz CT molecular complexity index is 1330. The second-order valence-corrected chi connectivity index (χ2v) is 9.65. The third-order valence-electron chi connectivity index (χ3n) is 4.80. The smallest absolute Gasteiger partial charge is 0.258 e. The van der Waals surface area contributed by atoms with Crippen molar-refractivity contribution in [2.45, 2.75) is 9.79 Å². The number of non-ortho nitro benzene ring substituents is 2. The van der Waals surface area contributed by atoms with E-state index in [0.29, 0.717) is 11.1 Å². The van der Waals surface area contributed by atoms with E-state index in [-0.39, 0.29) is 11.4 Å². The molecule has 178 valence electrons. The second-order valence-electron chi connectivity index (χ2n) is 7.38. The standard InChI is InChI=1S/C26H18N4O4S2/c31-29(32)23-5-1-3-19(15-23)17-27-21-7-11-25(12-8-21)35-36-26-13-9-22(10-14-26)28-18-20-4-2-6-24(16-20)30(33)34/h1-18H. The molecular formula is C26H18N4O4S2. The number of rotatable bonds is 9. The highest BCUT2D eigenvalue weighted by Gasteiger charge is 2.05. The van der Waals surface area contributed by atoms with Crippen LogP contribution in [0.5, 0.6) is 0 Å². The first-order chi connectivity index (χ1) is 17.5. The van der Waals surface area contributed by atoms with Gasteiger partial charge in [-0.3, -0.25) is 30.2 Å². The number of benzene rings is 4. The Balaban J connectivity index is 1.31. The van der Waals surface area contributed by atoms with Crippen LogP contribution in [0.3, 0.4) is 0 Å².